The second-order valence-electron chi connectivity index (χ2n) is 7.34. The number of rotatable bonds is 7. The molecule has 2 N–H and O–H groups in total. The molecule has 4 rings (SSSR count). The molecule has 146 valence electrons. The molecule has 1 amide bonds. The van der Waals surface area contributed by atoms with E-state index in [0.717, 1.165) is 35.3 Å². The van der Waals surface area contributed by atoms with Crippen molar-refractivity contribution in [1.82, 2.24) is 14.6 Å². The van der Waals surface area contributed by atoms with Crippen LogP contribution in [0, 0.1) is 0 Å². The zero-order valence-corrected chi connectivity index (χ0v) is 16.6. The Morgan fingerprint density at radius 1 is 1.18 bits per heavy atom. The van der Waals surface area contributed by atoms with Gasteiger partial charge in [0.05, 0.1) is 16.5 Å². The maximum absolute atomic E-state index is 12.2. The first-order chi connectivity index (χ1) is 13.7. The molecule has 3 aromatic rings. The Kier molecular flexibility index (Phi) is 6.00. The molecule has 0 aliphatic carbocycles. The normalized spacial score (nSPS) is 15.3. The number of aromatic nitrogens is 1. The average molecular weight is 396 g/mol. The molecule has 1 aliphatic heterocycles. The molecule has 5 nitrogen and oxygen atoms in total. The van der Waals surface area contributed by atoms with Gasteiger partial charge < -0.3 is 10.4 Å². The summed E-state index contributed by atoms with van der Waals surface area (Å²) in [6.07, 6.45) is 1.46. The van der Waals surface area contributed by atoms with Gasteiger partial charge in [0.1, 0.15) is 0 Å². The number of aliphatic hydroxyl groups is 1. The van der Waals surface area contributed by atoms with E-state index >= 15 is 0 Å². The number of aryl methyl sites for hydroxylation is 1. The number of nitrogens with one attached hydrogen (secondary N) is 1. The molecule has 28 heavy (non-hydrogen) atoms. The zero-order chi connectivity index (χ0) is 19.3. The number of fused-ring (bicyclic) bond motifs is 2. The van der Waals surface area contributed by atoms with Gasteiger partial charge in [-0.2, -0.15) is 4.37 Å². The van der Waals surface area contributed by atoms with Crippen LogP contribution in [0.4, 0.5) is 0 Å². The van der Waals surface area contributed by atoms with Crippen molar-refractivity contribution >= 4 is 27.5 Å². The summed E-state index contributed by atoms with van der Waals surface area (Å²) in [5.41, 5.74) is 3.71. The number of hydrogen-bond acceptors (Lipinski definition) is 5. The van der Waals surface area contributed by atoms with Crippen molar-refractivity contribution in [3.8, 4) is 0 Å². The quantitative estimate of drug-likeness (QED) is 0.646. The van der Waals surface area contributed by atoms with Crippen LogP contribution in [0.5, 0.6) is 0 Å². The fourth-order valence-electron chi connectivity index (χ4n) is 3.74. The number of carbonyl (C=O) groups excluding carboxylic acids is 1. The second-order valence-corrected chi connectivity index (χ2v) is 8.14. The van der Waals surface area contributed by atoms with Crippen molar-refractivity contribution in [3.05, 3.63) is 65.4 Å². The minimum atomic E-state index is -0.561. The Balaban J connectivity index is 1.20. The average Bonchev–Trinajstić information content (AvgIpc) is 3.14. The maximum Gasteiger partial charge on any atom is 0.220 e. The molecule has 2 heterocycles. The van der Waals surface area contributed by atoms with Crippen molar-refractivity contribution < 1.29 is 9.90 Å². The van der Waals surface area contributed by atoms with E-state index in [0.29, 0.717) is 19.4 Å². The van der Waals surface area contributed by atoms with Gasteiger partial charge in [0.15, 0.2) is 0 Å². The largest absolute Gasteiger partial charge is 0.390 e. The van der Waals surface area contributed by atoms with Crippen LogP contribution in [-0.4, -0.2) is 46.0 Å². The molecule has 1 unspecified atom stereocenters. The Morgan fingerprint density at radius 3 is 2.86 bits per heavy atom. The van der Waals surface area contributed by atoms with Crippen molar-refractivity contribution in [3.63, 3.8) is 0 Å². The topological polar surface area (TPSA) is 65.5 Å². The predicted octanol–water partition coefficient (Wildman–Crippen LogP) is 2.76. The monoisotopic (exact) mass is 395 g/mol. The van der Waals surface area contributed by atoms with Crippen LogP contribution in [0.15, 0.2) is 48.5 Å². The lowest BCUT2D eigenvalue weighted by Gasteiger charge is -2.30. The van der Waals surface area contributed by atoms with Crippen LogP contribution in [0.25, 0.3) is 10.1 Å². The summed E-state index contributed by atoms with van der Waals surface area (Å²) in [6.45, 7) is 2.66. The molecule has 0 radical (unpaired) electrons. The molecule has 0 fully saturated rings. The first-order valence-corrected chi connectivity index (χ1v) is 10.5. The Morgan fingerprint density at radius 2 is 1.96 bits per heavy atom. The number of amides is 1. The first kappa shape index (κ1) is 19.1. The van der Waals surface area contributed by atoms with Gasteiger partial charge in [0.2, 0.25) is 5.91 Å². The predicted molar refractivity (Wildman–Crippen MR) is 112 cm³/mol. The third-order valence-corrected chi connectivity index (χ3v) is 6.12. The summed E-state index contributed by atoms with van der Waals surface area (Å²) in [6, 6.07) is 16.6. The smallest absolute Gasteiger partial charge is 0.220 e. The van der Waals surface area contributed by atoms with Crippen molar-refractivity contribution in [2.75, 3.05) is 19.6 Å². The highest BCUT2D eigenvalue weighted by Crippen LogP contribution is 2.23. The lowest BCUT2D eigenvalue weighted by Crippen LogP contribution is -2.42. The number of hydrogen-bond donors (Lipinski definition) is 2. The summed E-state index contributed by atoms with van der Waals surface area (Å²) in [7, 11) is 0. The van der Waals surface area contributed by atoms with E-state index in [1.165, 1.54) is 22.7 Å². The molecule has 6 heteroatoms. The molecular formula is C22H25N3O2S. The highest BCUT2D eigenvalue weighted by Gasteiger charge is 2.18. The van der Waals surface area contributed by atoms with Crippen molar-refractivity contribution in [1.29, 1.82) is 0 Å². The highest BCUT2D eigenvalue weighted by molar-refractivity contribution is 7.13. The highest BCUT2D eigenvalue weighted by atomic mass is 32.1. The van der Waals surface area contributed by atoms with Gasteiger partial charge in [0.25, 0.3) is 0 Å². The number of carbonyl (C=O) groups is 1. The van der Waals surface area contributed by atoms with Gasteiger partial charge in [-0.15, -0.1) is 0 Å². The van der Waals surface area contributed by atoms with E-state index in [9.17, 15) is 9.90 Å². The van der Waals surface area contributed by atoms with Gasteiger partial charge in [0, 0.05) is 44.4 Å². The fourth-order valence-corrected chi connectivity index (χ4v) is 4.56. The molecule has 1 atom stereocenters. The summed E-state index contributed by atoms with van der Waals surface area (Å²) >= 11 is 1.47. The van der Waals surface area contributed by atoms with Crippen LogP contribution >= 0.6 is 11.5 Å². The molecule has 2 aromatic carbocycles. The van der Waals surface area contributed by atoms with E-state index in [2.05, 4.69) is 38.9 Å². The molecule has 0 bridgehead atoms. The standard InChI is InChI=1S/C22H25N3O2S/c26-18(15-25-12-11-16-5-1-2-6-17(16)14-25)13-23-22(27)10-9-20-19-7-3-4-8-21(19)28-24-20/h1-8,18,26H,9-15H2,(H,23,27). The molecule has 0 saturated heterocycles. The summed E-state index contributed by atoms with van der Waals surface area (Å²) in [5, 5.41) is 14.3. The third kappa shape index (κ3) is 4.58. The van der Waals surface area contributed by atoms with E-state index < -0.39 is 6.10 Å². The van der Waals surface area contributed by atoms with Gasteiger partial charge >= 0.3 is 0 Å². The number of nitrogens with zero attached hydrogens (tertiary/aromatic N) is 2. The van der Waals surface area contributed by atoms with Crippen molar-refractivity contribution in [2.45, 2.75) is 31.9 Å². The van der Waals surface area contributed by atoms with Crippen LogP contribution in [0.3, 0.4) is 0 Å². The summed E-state index contributed by atoms with van der Waals surface area (Å²) in [4.78, 5) is 14.4. The van der Waals surface area contributed by atoms with E-state index in [4.69, 9.17) is 0 Å². The van der Waals surface area contributed by atoms with Gasteiger partial charge in [-0.1, -0.05) is 42.5 Å². The van der Waals surface area contributed by atoms with E-state index in [1.54, 1.807) is 0 Å². The Bertz CT molecular complexity index is 956. The summed E-state index contributed by atoms with van der Waals surface area (Å²) in [5.74, 6) is -0.0416. The third-order valence-electron chi connectivity index (χ3n) is 5.25. The molecular weight excluding hydrogens is 370 g/mol. The number of β-amino-alcohol motifs (C(OH)–C–C–N with tert-alkyl or cyclic N) is 1. The number of aliphatic hydroxyl groups excluding tert-OH is 1. The minimum Gasteiger partial charge on any atom is -0.390 e. The maximum atomic E-state index is 12.2. The number of benzene rings is 2. The lowest BCUT2D eigenvalue weighted by molar-refractivity contribution is -0.121. The molecule has 0 spiro atoms. The second kappa shape index (κ2) is 8.82. The lowest BCUT2D eigenvalue weighted by atomic mass is 10.00. The van der Waals surface area contributed by atoms with Crippen LogP contribution < -0.4 is 5.32 Å². The van der Waals surface area contributed by atoms with Gasteiger partial charge in [-0.25, -0.2) is 0 Å². The van der Waals surface area contributed by atoms with Crippen molar-refractivity contribution in [2.24, 2.45) is 0 Å². The fraction of sp³-hybridized carbons (Fsp3) is 0.364. The van der Waals surface area contributed by atoms with Crippen LogP contribution in [-0.2, 0) is 24.2 Å². The Labute approximate surface area is 169 Å². The molecule has 1 aliphatic rings. The zero-order valence-electron chi connectivity index (χ0n) is 15.8. The van der Waals surface area contributed by atoms with E-state index in [-0.39, 0.29) is 12.5 Å². The SMILES string of the molecule is O=C(CCc1nsc2ccccc12)NCC(O)CN1CCc2ccccc2C1. The molecule has 1 aromatic heterocycles. The van der Waals surface area contributed by atoms with Gasteiger partial charge in [-0.3, -0.25) is 9.69 Å². The minimum absolute atomic E-state index is 0.0416. The van der Waals surface area contributed by atoms with Crippen LogP contribution in [0.1, 0.15) is 23.2 Å². The summed E-state index contributed by atoms with van der Waals surface area (Å²) < 4.78 is 5.61. The van der Waals surface area contributed by atoms with E-state index in [1.807, 2.05) is 24.3 Å². The Hall–Kier alpha value is -2.28. The first-order valence-electron chi connectivity index (χ1n) is 9.76. The van der Waals surface area contributed by atoms with Gasteiger partial charge in [-0.05, 0) is 35.1 Å². The molecule has 0 saturated carbocycles. The van der Waals surface area contributed by atoms with Crippen LogP contribution in [0.2, 0.25) is 0 Å².